The lowest BCUT2D eigenvalue weighted by molar-refractivity contribution is -0.137. The maximum Gasteiger partial charge on any atom is 0.416 e. The van der Waals surface area contributed by atoms with Crippen molar-refractivity contribution in [3.8, 4) is 22.3 Å². The summed E-state index contributed by atoms with van der Waals surface area (Å²) in [5, 5.41) is 5.51. The molecule has 0 aromatic heterocycles. The molecule has 10 atom stereocenters. The molecule has 5 nitrogen and oxygen atoms in total. The van der Waals surface area contributed by atoms with Gasteiger partial charge in [0, 0.05) is 79.5 Å². The van der Waals surface area contributed by atoms with Crippen LogP contribution in [0.5, 0.6) is 0 Å². The van der Waals surface area contributed by atoms with Crippen molar-refractivity contribution >= 4 is 96.0 Å². The van der Waals surface area contributed by atoms with Gasteiger partial charge in [-0.3, -0.25) is 0 Å². The summed E-state index contributed by atoms with van der Waals surface area (Å²) in [6.45, 7) is 32.0. The van der Waals surface area contributed by atoms with Crippen molar-refractivity contribution in [2.45, 2.75) is 280 Å². The first-order valence-corrected chi connectivity index (χ1v) is 48.2. The van der Waals surface area contributed by atoms with E-state index in [1.54, 1.807) is 12.1 Å². The fraction of sp³-hybridized carbons (Fsp3) is 0.379. The molecular formula is C124H134F3N5. The molecule has 12 aliphatic rings. The largest absolute Gasteiger partial charge is 0.416 e. The molecule has 676 valence electrons. The first-order valence-electron chi connectivity index (χ1n) is 48.2. The Balaban J connectivity index is 0.000000166. The monoisotopic (exact) mass is 1750 g/mol. The van der Waals surface area contributed by atoms with Gasteiger partial charge in [-0.2, -0.15) is 13.2 Å². The summed E-state index contributed by atoms with van der Waals surface area (Å²) in [7, 11) is 0. The molecule has 0 bridgehead atoms. The summed E-state index contributed by atoms with van der Waals surface area (Å²) < 4.78 is 41.2. The fourth-order valence-electron chi connectivity index (χ4n) is 27.9. The van der Waals surface area contributed by atoms with E-state index in [2.05, 4.69) is 312 Å². The molecule has 0 saturated heterocycles. The van der Waals surface area contributed by atoms with Crippen molar-refractivity contribution in [2.24, 2.45) is 21.7 Å². The van der Waals surface area contributed by atoms with Crippen molar-refractivity contribution in [1.29, 1.82) is 0 Å². The van der Waals surface area contributed by atoms with Gasteiger partial charge in [0.2, 0.25) is 0 Å². The molecule has 0 amide bonds. The number of fused-ring (bicyclic) bond motifs is 8. The molecule has 8 heteroatoms. The van der Waals surface area contributed by atoms with Gasteiger partial charge in [-0.1, -0.05) is 278 Å². The van der Waals surface area contributed by atoms with Gasteiger partial charge in [0.05, 0.1) is 12.1 Å². The minimum absolute atomic E-state index is 0. The number of anilines is 8. The van der Waals surface area contributed by atoms with Gasteiger partial charge in [-0.05, 0) is 372 Å². The van der Waals surface area contributed by atoms with Crippen LogP contribution in [-0.4, -0.2) is 22.2 Å². The molecule has 8 aliphatic carbocycles. The number of aryl methyl sites for hydroxylation is 2. The van der Waals surface area contributed by atoms with Gasteiger partial charge in [-0.15, -0.1) is 0 Å². The highest BCUT2D eigenvalue weighted by Crippen LogP contribution is 2.65. The van der Waals surface area contributed by atoms with E-state index in [0.717, 1.165) is 69.2 Å². The van der Waals surface area contributed by atoms with Crippen molar-refractivity contribution in [1.82, 2.24) is 0 Å². The molecule has 4 saturated carbocycles. The van der Waals surface area contributed by atoms with E-state index in [0.29, 0.717) is 5.69 Å². The lowest BCUT2D eigenvalue weighted by Gasteiger charge is -2.60. The fourth-order valence-corrected chi connectivity index (χ4v) is 27.9. The Hall–Kier alpha value is -11.4. The van der Waals surface area contributed by atoms with Crippen molar-refractivity contribution in [3.05, 3.63) is 338 Å². The third-order valence-electron chi connectivity index (χ3n) is 35.9. The average Bonchev–Trinajstić information content (AvgIpc) is 0.719. The Labute approximate surface area is 785 Å². The van der Waals surface area contributed by atoms with Gasteiger partial charge >= 0.3 is 6.18 Å². The predicted octanol–water partition coefficient (Wildman–Crippen LogP) is 35.4. The minimum atomic E-state index is -4.37. The van der Waals surface area contributed by atoms with E-state index in [1.165, 1.54) is 263 Å². The van der Waals surface area contributed by atoms with Gasteiger partial charge in [0.15, 0.2) is 5.69 Å². The van der Waals surface area contributed by atoms with Crippen molar-refractivity contribution in [2.75, 3.05) is 19.6 Å². The lowest BCUT2D eigenvalue weighted by Crippen LogP contribution is -2.60. The first-order chi connectivity index (χ1) is 61.7. The number of allylic oxidation sites excluding steroid dienone is 6. The quantitative estimate of drug-likeness (QED) is 0.141. The molecule has 0 N–H and O–H groups in total. The maximum atomic E-state index is 13.7. The summed E-state index contributed by atoms with van der Waals surface area (Å²) in [6.07, 6.45) is 35.8. The number of alkyl halides is 3. The smallest absolute Gasteiger partial charge is 0.335 e. The second kappa shape index (κ2) is 32.5. The molecule has 0 spiro atoms. The standard InChI is InChI=1S/C60H59F3N2.C60H59N3.4CH4/c1-38-10-20-46(21-11-38)64-52-28-16-41(34-43(52)36-56(2)30-6-8-32-58(56,64)4)48-24-12-39-15-27-51-49(25-13-40-14-26-50(48)54(39)55(40)51)42-17-29-53-44(35-42)37-57(3)31-7-9-33-59(57,5)65(53)47-22-18-45(19-23-47)60(61,62)63;1-39-11-21-47(22-12-39)62-53-29-17-42(35-44(53)37-57(2)31-7-9-33-59(57,62)4)49-25-13-40-16-28-52-50(26-14-41-15-27-51(49)55(40)56(41)52)43-18-30-54-45(36-43)38-58(3)32-8-10-34-60(58,5)63(54)48-23-19-46(61-6)20-24-48;;;;/h10-14,16-29,34-35,49H,6-9,15,30-33,36-37H2,1-5H3;11-14,16-30,35-36,49H,7-10,15,31-34,37-38H2,1-5H3;4*1H4. The van der Waals surface area contributed by atoms with Crippen LogP contribution in [0.2, 0.25) is 0 Å². The van der Waals surface area contributed by atoms with Crippen molar-refractivity contribution in [3.63, 3.8) is 0 Å². The number of hydrogen-bond donors (Lipinski definition) is 0. The van der Waals surface area contributed by atoms with Crippen molar-refractivity contribution < 1.29 is 13.2 Å². The number of rotatable bonds is 8. The number of benzene rings is 12. The van der Waals surface area contributed by atoms with Crippen LogP contribution in [0, 0.1) is 42.1 Å². The Morgan fingerprint density at radius 1 is 0.341 bits per heavy atom. The number of halogens is 3. The van der Waals surface area contributed by atoms with Crippen LogP contribution < -0.4 is 19.6 Å². The summed E-state index contributed by atoms with van der Waals surface area (Å²) in [4.78, 5) is 14.2. The zero-order chi connectivity index (χ0) is 87.6. The van der Waals surface area contributed by atoms with Crippen LogP contribution in [0.3, 0.4) is 0 Å². The van der Waals surface area contributed by atoms with E-state index in [4.69, 9.17) is 6.57 Å². The van der Waals surface area contributed by atoms with Crippen LogP contribution in [-0.2, 0) is 44.7 Å². The van der Waals surface area contributed by atoms with Gasteiger partial charge in [0.25, 0.3) is 0 Å². The maximum absolute atomic E-state index is 13.7. The van der Waals surface area contributed by atoms with Gasteiger partial charge in [0.1, 0.15) is 0 Å². The summed E-state index contributed by atoms with van der Waals surface area (Å²) in [5.41, 5.74) is 37.6. The van der Waals surface area contributed by atoms with Gasteiger partial charge < -0.3 is 19.6 Å². The second-order valence-corrected chi connectivity index (χ2v) is 42.9. The Morgan fingerprint density at radius 3 is 1.00 bits per heavy atom. The van der Waals surface area contributed by atoms with E-state index >= 15 is 0 Å². The molecule has 4 heterocycles. The minimum Gasteiger partial charge on any atom is -0.335 e. The van der Waals surface area contributed by atoms with E-state index in [-0.39, 0.29) is 85.4 Å². The molecule has 0 radical (unpaired) electrons. The zero-order valence-electron chi connectivity index (χ0n) is 76.3. The molecule has 12 aromatic carbocycles. The summed E-state index contributed by atoms with van der Waals surface area (Å²) >= 11 is 0. The van der Waals surface area contributed by atoms with Crippen LogP contribution in [0.4, 0.5) is 64.4 Å². The molecular weight excluding hydrogens is 1620 g/mol. The SMILES string of the molecule is C.C.C.C.Cc1ccc(N2c3ccc(-c4ccc5c6c7c(ccc46)C=CC(c4ccc6c(c4)CC4(C)CCCCC4(C)N6c4ccc(C(F)(F)F)cc4)C7=CC5)cc3CC3(C)CCCCC23C)cc1.[C-]#[N+]c1ccc(N2c3ccc(-c4ccc5c6c7c(ccc46)C=CC(c4ccc6c(c4)CC4(C)CCCCC4(C)N6c4ccc(C)cc4)C7=CC5)cc3CC3(C)CCCCC23C)cc1. The lowest BCUT2D eigenvalue weighted by atomic mass is 9.57. The highest BCUT2D eigenvalue weighted by Gasteiger charge is 2.59. The summed E-state index contributed by atoms with van der Waals surface area (Å²) in [6, 6.07) is 80.9. The molecule has 132 heavy (non-hydrogen) atoms. The normalized spacial score (nSPS) is 26.9. The highest BCUT2D eigenvalue weighted by molar-refractivity contribution is 6.11. The highest BCUT2D eigenvalue weighted by atomic mass is 19.4. The van der Waals surface area contributed by atoms with Gasteiger partial charge in [-0.25, -0.2) is 4.85 Å². The second-order valence-electron chi connectivity index (χ2n) is 42.9. The van der Waals surface area contributed by atoms with E-state index in [9.17, 15) is 13.2 Å². The molecule has 24 rings (SSSR count). The van der Waals surface area contributed by atoms with Crippen LogP contribution in [0.15, 0.2) is 243 Å². The van der Waals surface area contributed by atoms with E-state index < -0.39 is 11.7 Å². The Morgan fingerprint density at radius 2 is 0.659 bits per heavy atom. The van der Waals surface area contributed by atoms with E-state index in [1.807, 2.05) is 12.1 Å². The molecule has 4 aliphatic heterocycles. The molecule has 4 fully saturated rings. The molecule has 12 aromatic rings. The number of nitrogens with zero attached hydrogens (tertiary/aromatic N) is 5. The predicted molar refractivity (Wildman–Crippen MR) is 555 cm³/mol. The Kier molecular flexibility index (Phi) is 22.1. The topological polar surface area (TPSA) is 17.3 Å². The van der Waals surface area contributed by atoms with Crippen LogP contribution >= 0.6 is 0 Å². The first kappa shape index (κ1) is 89.8. The van der Waals surface area contributed by atoms with Crippen LogP contribution in [0.25, 0.3) is 71.9 Å². The third-order valence-corrected chi connectivity index (χ3v) is 35.9. The summed E-state index contributed by atoms with van der Waals surface area (Å²) in [5.74, 6) is 0.318. The molecule has 10 unspecified atom stereocenters. The number of hydrogen-bond acceptors (Lipinski definition) is 4. The Bertz CT molecular complexity index is 6790. The van der Waals surface area contributed by atoms with Crippen LogP contribution in [0.1, 0.15) is 283 Å². The zero-order valence-corrected chi connectivity index (χ0v) is 76.3. The third kappa shape index (κ3) is 13.5. The average molecular weight is 1750 g/mol.